The van der Waals surface area contributed by atoms with Crippen molar-refractivity contribution in [2.24, 2.45) is 0 Å². The van der Waals surface area contributed by atoms with E-state index in [0.717, 1.165) is 18.5 Å². The third-order valence-electron chi connectivity index (χ3n) is 6.57. The standard InChI is InChI=1S/C26H27NO2/c1-29-26(28)20-14-15-22-23(17-20)27-16-8-7-10-18-9-5-6-13-21(18)25(27)24(22)19-11-3-2-4-12-19/h5-7,9-10,13-15,17,19H,2-4,8,11-12,16H2,1H3. The number of carbonyl (C=O) groups excluding carboxylic acids is 1. The maximum Gasteiger partial charge on any atom is 0.337 e. The quantitative estimate of drug-likeness (QED) is 0.468. The summed E-state index contributed by atoms with van der Waals surface area (Å²) in [5.41, 5.74) is 7.21. The van der Waals surface area contributed by atoms with Crippen LogP contribution in [0.5, 0.6) is 0 Å². The summed E-state index contributed by atoms with van der Waals surface area (Å²) in [6.45, 7) is 0.925. The molecule has 2 aromatic carbocycles. The van der Waals surface area contributed by atoms with Crippen LogP contribution < -0.4 is 0 Å². The maximum atomic E-state index is 12.2. The largest absolute Gasteiger partial charge is 0.465 e. The van der Waals surface area contributed by atoms with E-state index in [2.05, 4.69) is 47.1 Å². The van der Waals surface area contributed by atoms with Gasteiger partial charge in [-0.25, -0.2) is 4.79 Å². The predicted molar refractivity (Wildman–Crippen MR) is 118 cm³/mol. The Bertz CT molecular complexity index is 1100. The number of aryl methyl sites for hydroxylation is 1. The van der Waals surface area contributed by atoms with Gasteiger partial charge in [-0.15, -0.1) is 0 Å². The number of rotatable bonds is 2. The summed E-state index contributed by atoms with van der Waals surface area (Å²) in [5.74, 6) is 0.316. The normalized spacial score (nSPS) is 16.7. The molecule has 5 rings (SSSR count). The van der Waals surface area contributed by atoms with Gasteiger partial charge in [0.05, 0.1) is 18.4 Å². The van der Waals surface area contributed by atoms with E-state index in [1.54, 1.807) is 0 Å². The number of benzene rings is 2. The molecular weight excluding hydrogens is 358 g/mol. The van der Waals surface area contributed by atoms with E-state index in [1.165, 1.54) is 67.0 Å². The number of ether oxygens (including phenoxy) is 1. The van der Waals surface area contributed by atoms with Gasteiger partial charge in [-0.1, -0.05) is 61.7 Å². The Labute approximate surface area is 172 Å². The van der Waals surface area contributed by atoms with E-state index in [-0.39, 0.29) is 5.97 Å². The van der Waals surface area contributed by atoms with Gasteiger partial charge in [0, 0.05) is 23.0 Å². The molecule has 1 aromatic heterocycles. The van der Waals surface area contributed by atoms with Crippen LogP contribution in [0.15, 0.2) is 48.5 Å². The fourth-order valence-electron chi connectivity index (χ4n) is 5.22. The molecule has 29 heavy (non-hydrogen) atoms. The summed E-state index contributed by atoms with van der Waals surface area (Å²) in [4.78, 5) is 12.2. The topological polar surface area (TPSA) is 31.2 Å². The lowest BCUT2D eigenvalue weighted by molar-refractivity contribution is 0.0601. The first-order chi connectivity index (χ1) is 14.3. The molecule has 1 fully saturated rings. The number of hydrogen-bond donors (Lipinski definition) is 0. The molecule has 2 heterocycles. The second kappa shape index (κ2) is 7.55. The number of nitrogens with zero attached hydrogens (tertiary/aromatic N) is 1. The molecule has 0 amide bonds. The molecule has 0 N–H and O–H groups in total. The van der Waals surface area contributed by atoms with Crippen LogP contribution in [0.25, 0.3) is 28.2 Å². The smallest absolute Gasteiger partial charge is 0.337 e. The molecule has 0 bridgehead atoms. The molecule has 0 radical (unpaired) electrons. The average Bonchev–Trinajstić information content (AvgIpc) is 3.08. The van der Waals surface area contributed by atoms with Crippen LogP contribution in [0, 0.1) is 0 Å². The number of allylic oxidation sites excluding steroid dienone is 1. The Balaban J connectivity index is 1.83. The van der Waals surface area contributed by atoms with Gasteiger partial charge in [-0.05, 0) is 48.4 Å². The Morgan fingerprint density at radius 2 is 1.90 bits per heavy atom. The summed E-state index contributed by atoms with van der Waals surface area (Å²) < 4.78 is 7.45. The van der Waals surface area contributed by atoms with Crippen LogP contribution in [-0.2, 0) is 11.3 Å². The number of esters is 1. The van der Waals surface area contributed by atoms with E-state index < -0.39 is 0 Å². The Hall–Kier alpha value is -2.81. The van der Waals surface area contributed by atoms with Gasteiger partial charge < -0.3 is 9.30 Å². The van der Waals surface area contributed by atoms with Crippen LogP contribution in [0.4, 0.5) is 0 Å². The molecular formula is C26H27NO2. The minimum atomic E-state index is -0.271. The number of aromatic nitrogens is 1. The molecule has 148 valence electrons. The van der Waals surface area contributed by atoms with E-state index in [4.69, 9.17) is 4.74 Å². The Morgan fingerprint density at radius 1 is 1.07 bits per heavy atom. The van der Waals surface area contributed by atoms with Gasteiger partial charge in [0.25, 0.3) is 0 Å². The molecule has 0 saturated heterocycles. The van der Waals surface area contributed by atoms with Crippen molar-refractivity contribution in [1.82, 2.24) is 4.57 Å². The van der Waals surface area contributed by atoms with Crippen molar-refractivity contribution >= 4 is 22.9 Å². The maximum absolute atomic E-state index is 12.2. The fraction of sp³-hybridized carbons (Fsp3) is 0.346. The van der Waals surface area contributed by atoms with E-state index in [1.807, 2.05) is 12.1 Å². The van der Waals surface area contributed by atoms with Gasteiger partial charge in [-0.2, -0.15) is 0 Å². The van der Waals surface area contributed by atoms with E-state index in [9.17, 15) is 4.79 Å². The summed E-state index contributed by atoms with van der Waals surface area (Å²) in [6.07, 6.45) is 12.0. The number of hydrogen-bond acceptors (Lipinski definition) is 2. The van der Waals surface area contributed by atoms with E-state index >= 15 is 0 Å². The first-order valence-corrected chi connectivity index (χ1v) is 10.8. The van der Waals surface area contributed by atoms with Crippen molar-refractivity contribution < 1.29 is 9.53 Å². The number of fused-ring (bicyclic) bond motifs is 5. The molecule has 3 aromatic rings. The lowest BCUT2D eigenvalue weighted by atomic mass is 9.81. The molecule has 1 aliphatic carbocycles. The van der Waals surface area contributed by atoms with Crippen LogP contribution in [0.1, 0.15) is 65.9 Å². The van der Waals surface area contributed by atoms with Gasteiger partial charge in [0.2, 0.25) is 0 Å². The van der Waals surface area contributed by atoms with Gasteiger partial charge in [-0.3, -0.25) is 0 Å². The van der Waals surface area contributed by atoms with E-state index in [0.29, 0.717) is 11.5 Å². The SMILES string of the molecule is COC(=O)c1ccc2c(C3CCCCC3)c3n(c2c1)CCC=Cc1ccccc1-3. The summed E-state index contributed by atoms with van der Waals surface area (Å²) in [6, 6.07) is 14.8. The lowest BCUT2D eigenvalue weighted by Gasteiger charge is -2.24. The summed E-state index contributed by atoms with van der Waals surface area (Å²) in [5, 5.41) is 1.30. The molecule has 0 atom stereocenters. The third-order valence-corrected chi connectivity index (χ3v) is 6.57. The molecule has 2 aliphatic rings. The molecule has 0 unspecified atom stereocenters. The zero-order chi connectivity index (χ0) is 19.8. The zero-order valence-electron chi connectivity index (χ0n) is 17.0. The van der Waals surface area contributed by atoms with Crippen molar-refractivity contribution in [2.75, 3.05) is 7.11 Å². The van der Waals surface area contributed by atoms with Crippen molar-refractivity contribution in [3.05, 3.63) is 65.2 Å². The second-order valence-electron chi connectivity index (χ2n) is 8.25. The monoisotopic (exact) mass is 385 g/mol. The van der Waals surface area contributed by atoms with Crippen molar-refractivity contribution in [1.29, 1.82) is 0 Å². The molecule has 3 heteroatoms. The molecule has 0 spiro atoms. The van der Waals surface area contributed by atoms with Crippen molar-refractivity contribution in [3.63, 3.8) is 0 Å². The molecule has 3 nitrogen and oxygen atoms in total. The van der Waals surface area contributed by atoms with Crippen LogP contribution in [0.2, 0.25) is 0 Å². The first kappa shape index (κ1) is 18.2. The second-order valence-corrected chi connectivity index (χ2v) is 8.25. The van der Waals surface area contributed by atoms with Crippen molar-refractivity contribution in [2.45, 2.75) is 51.0 Å². The molecule has 1 aliphatic heterocycles. The Morgan fingerprint density at radius 3 is 2.72 bits per heavy atom. The highest BCUT2D eigenvalue weighted by atomic mass is 16.5. The summed E-state index contributed by atoms with van der Waals surface area (Å²) in [7, 11) is 1.45. The fourth-order valence-corrected chi connectivity index (χ4v) is 5.22. The van der Waals surface area contributed by atoms with Gasteiger partial charge in [0.15, 0.2) is 0 Å². The predicted octanol–water partition coefficient (Wildman–Crippen LogP) is 6.56. The van der Waals surface area contributed by atoms with Crippen LogP contribution in [0.3, 0.4) is 0 Å². The number of methoxy groups -OCH3 is 1. The zero-order valence-corrected chi connectivity index (χ0v) is 17.0. The highest BCUT2D eigenvalue weighted by Crippen LogP contribution is 2.45. The minimum Gasteiger partial charge on any atom is -0.465 e. The first-order valence-electron chi connectivity index (χ1n) is 10.8. The lowest BCUT2D eigenvalue weighted by Crippen LogP contribution is -2.08. The summed E-state index contributed by atoms with van der Waals surface area (Å²) >= 11 is 0. The minimum absolute atomic E-state index is 0.271. The highest BCUT2D eigenvalue weighted by Gasteiger charge is 2.28. The van der Waals surface area contributed by atoms with Crippen molar-refractivity contribution in [3.8, 4) is 11.3 Å². The van der Waals surface area contributed by atoms with Crippen LogP contribution in [-0.4, -0.2) is 17.6 Å². The third kappa shape index (κ3) is 3.09. The average molecular weight is 386 g/mol. The van der Waals surface area contributed by atoms with Gasteiger partial charge >= 0.3 is 5.97 Å². The van der Waals surface area contributed by atoms with Crippen LogP contribution >= 0.6 is 0 Å². The number of carbonyl (C=O) groups is 1. The highest BCUT2D eigenvalue weighted by molar-refractivity contribution is 5.99. The Kier molecular flexibility index (Phi) is 4.75. The molecule has 1 saturated carbocycles. The van der Waals surface area contributed by atoms with Gasteiger partial charge in [0.1, 0.15) is 0 Å².